The number of amides is 2. The molecule has 238 valence electrons. The van der Waals surface area contributed by atoms with Crippen molar-refractivity contribution in [2.45, 2.75) is 71.5 Å². The van der Waals surface area contributed by atoms with Crippen LogP contribution in [0, 0.1) is 6.92 Å². The molecule has 0 aliphatic heterocycles. The van der Waals surface area contributed by atoms with Crippen molar-refractivity contribution >= 4 is 11.8 Å². The van der Waals surface area contributed by atoms with Crippen LogP contribution in [0.3, 0.4) is 0 Å². The molecule has 0 aliphatic carbocycles. The Morgan fingerprint density at radius 1 is 0.826 bits per heavy atom. The maximum Gasteiger partial charge on any atom is 0.271 e. The number of aromatic nitrogens is 3. The minimum Gasteiger partial charge on any atom is -0.463 e. The average molecular weight is 622 g/mol. The smallest absolute Gasteiger partial charge is 0.271 e. The van der Waals surface area contributed by atoms with Crippen molar-refractivity contribution in [2.24, 2.45) is 0 Å². The van der Waals surface area contributed by atoms with Crippen LogP contribution in [0.1, 0.15) is 49.1 Å². The standard InChI is InChI=1S/C36H39N5O5/c1-24(16-18-27-11-6-4-7-12-27)37-32(42)22-29-34(31-21-26(3)40-46-31)35(30-15-10-20-45-30)39-41(36(29)44)23-33(43)38-25(2)17-19-28-13-8-5-9-14-28/h4-15,20-21,24-25H,16-19,22-23H2,1-3H3,(H,37,42)(H,38,43)/t24-,25+/m0/s1. The van der Waals surface area contributed by atoms with Gasteiger partial charge in [-0.1, -0.05) is 65.8 Å². The quantitative estimate of drug-likeness (QED) is 0.172. The summed E-state index contributed by atoms with van der Waals surface area (Å²) in [6.07, 6.45) is 4.29. The molecule has 0 saturated heterocycles. The molecule has 3 heterocycles. The van der Waals surface area contributed by atoms with Gasteiger partial charge in [-0.15, -0.1) is 0 Å². The molecule has 2 N–H and O–H groups in total. The molecular formula is C36H39N5O5. The van der Waals surface area contributed by atoms with E-state index in [1.807, 2.05) is 62.4 Å². The summed E-state index contributed by atoms with van der Waals surface area (Å²) < 4.78 is 12.4. The SMILES string of the molecule is Cc1cc(-c2c(-c3ccco3)nn(CC(=O)N[C@H](C)CCc3ccccc3)c(=O)c2CC(=O)N[C@@H](C)CCc2ccccc2)on1. The lowest BCUT2D eigenvalue weighted by Gasteiger charge is -2.18. The fraction of sp³-hybridized carbons (Fsp3) is 0.306. The van der Waals surface area contributed by atoms with Gasteiger partial charge in [0.25, 0.3) is 5.56 Å². The highest BCUT2D eigenvalue weighted by atomic mass is 16.5. The zero-order valence-electron chi connectivity index (χ0n) is 26.4. The average Bonchev–Trinajstić information content (AvgIpc) is 3.74. The van der Waals surface area contributed by atoms with E-state index in [9.17, 15) is 14.4 Å². The van der Waals surface area contributed by atoms with Crippen molar-refractivity contribution in [3.05, 3.63) is 118 Å². The number of carbonyl (C=O) groups excluding carboxylic acids is 2. The lowest BCUT2D eigenvalue weighted by Crippen LogP contribution is -2.40. The Morgan fingerprint density at radius 2 is 1.43 bits per heavy atom. The van der Waals surface area contributed by atoms with Crippen molar-refractivity contribution in [2.75, 3.05) is 0 Å². The van der Waals surface area contributed by atoms with E-state index in [0.29, 0.717) is 17.0 Å². The Balaban J connectivity index is 1.40. The summed E-state index contributed by atoms with van der Waals surface area (Å²) in [5, 5.41) is 14.6. The van der Waals surface area contributed by atoms with E-state index in [-0.39, 0.29) is 53.9 Å². The van der Waals surface area contributed by atoms with Gasteiger partial charge in [-0.25, -0.2) is 4.68 Å². The molecule has 0 aliphatic rings. The Bertz CT molecular complexity index is 1800. The van der Waals surface area contributed by atoms with E-state index < -0.39 is 5.56 Å². The molecule has 10 heteroatoms. The van der Waals surface area contributed by atoms with Gasteiger partial charge in [-0.2, -0.15) is 5.10 Å². The molecular weight excluding hydrogens is 582 g/mol. The number of furan rings is 1. The molecule has 0 radical (unpaired) electrons. The Kier molecular flexibility index (Phi) is 10.6. The van der Waals surface area contributed by atoms with Crippen LogP contribution in [-0.2, 0) is 35.4 Å². The summed E-state index contributed by atoms with van der Waals surface area (Å²) in [6, 6.07) is 24.9. The molecule has 2 amide bonds. The van der Waals surface area contributed by atoms with Crippen molar-refractivity contribution in [3.63, 3.8) is 0 Å². The molecule has 0 spiro atoms. The lowest BCUT2D eigenvalue weighted by atomic mass is 10.00. The van der Waals surface area contributed by atoms with Crippen LogP contribution in [0.25, 0.3) is 22.8 Å². The van der Waals surface area contributed by atoms with Crippen molar-refractivity contribution in [1.82, 2.24) is 25.6 Å². The summed E-state index contributed by atoms with van der Waals surface area (Å²) in [5.74, 6) is -0.0714. The third-order valence-corrected chi connectivity index (χ3v) is 7.74. The third-order valence-electron chi connectivity index (χ3n) is 7.74. The van der Waals surface area contributed by atoms with Crippen LogP contribution in [-0.4, -0.2) is 38.8 Å². The molecule has 0 fully saturated rings. The topological polar surface area (TPSA) is 132 Å². The highest BCUT2D eigenvalue weighted by Gasteiger charge is 2.27. The number of aryl methyl sites for hydroxylation is 3. The van der Waals surface area contributed by atoms with Gasteiger partial charge in [0.15, 0.2) is 11.5 Å². The van der Waals surface area contributed by atoms with Crippen molar-refractivity contribution < 1.29 is 18.5 Å². The summed E-state index contributed by atoms with van der Waals surface area (Å²) >= 11 is 0. The van der Waals surface area contributed by atoms with Crippen LogP contribution >= 0.6 is 0 Å². The number of hydrogen-bond acceptors (Lipinski definition) is 7. The van der Waals surface area contributed by atoms with Gasteiger partial charge in [0.05, 0.1) is 23.9 Å². The van der Waals surface area contributed by atoms with E-state index in [2.05, 4.69) is 33.0 Å². The number of rotatable bonds is 14. The summed E-state index contributed by atoms with van der Waals surface area (Å²) in [5.41, 5.74) is 3.10. The highest BCUT2D eigenvalue weighted by molar-refractivity contribution is 5.85. The molecule has 2 atom stereocenters. The molecule has 0 bridgehead atoms. The number of benzene rings is 2. The van der Waals surface area contributed by atoms with Gasteiger partial charge < -0.3 is 19.6 Å². The first kappa shape index (κ1) is 32.2. The molecule has 0 unspecified atom stereocenters. The van der Waals surface area contributed by atoms with Gasteiger partial charge in [0.1, 0.15) is 12.2 Å². The second-order valence-electron chi connectivity index (χ2n) is 11.6. The van der Waals surface area contributed by atoms with Crippen molar-refractivity contribution in [1.29, 1.82) is 0 Å². The fourth-order valence-corrected chi connectivity index (χ4v) is 5.37. The Hall–Kier alpha value is -5.25. The normalized spacial score (nSPS) is 12.4. The van der Waals surface area contributed by atoms with Gasteiger partial charge >= 0.3 is 0 Å². The van der Waals surface area contributed by atoms with Gasteiger partial charge in [0.2, 0.25) is 11.8 Å². The van der Waals surface area contributed by atoms with Crippen LogP contribution < -0.4 is 16.2 Å². The van der Waals surface area contributed by atoms with E-state index in [1.165, 1.54) is 17.4 Å². The first-order valence-electron chi connectivity index (χ1n) is 15.5. The second-order valence-corrected chi connectivity index (χ2v) is 11.6. The first-order valence-corrected chi connectivity index (χ1v) is 15.5. The number of carbonyl (C=O) groups is 2. The summed E-state index contributed by atoms with van der Waals surface area (Å²) in [7, 11) is 0. The predicted molar refractivity (Wildman–Crippen MR) is 175 cm³/mol. The first-order chi connectivity index (χ1) is 22.3. The minimum absolute atomic E-state index is 0.132. The molecule has 10 nitrogen and oxygen atoms in total. The molecule has 0 saturated carbocycles. The number of nitrogens with zero attached hydrogens (tertiary/aromatic N) is 3. The van der Waals surface area contributed by atoms with Gasteiger partial charge in [-0.3, -0.25) is 14.4 Å². The number of nitrogens with one attached hydrogen (secondary N) is 2. The fourth-order valence-electron chi connectivity index (χ4n) is 5.37. The van der Waals surface area contributed by atoms with E-state index >= 15 is 0 Å². The van der Waals surface area contributed by atoms with Gasteiger partial charge in [0, 0.05) is 23.7 Å². The lowest BCUT2D eigenvalue weighted by molar-refractivity contribution is -0.122. The molecule has 5 aromatic rings. The van der Waals surface area contributed by atoms with Crippen molar-refractivity contribution in [3.8, 4) is 22.8 Å². The molecule has 5 rings (SSSR count). The maximum atomic E-state index is 14.0. The molecule has 2 aromatic carbocycles. The predicted octanol–water partition coefficient (Wildman–Crippen LogP) is 5.28. The Labute approximate surface area is 267 Å². The second kappa shape index (κ2) is 15.2. The van der Waals surface area contributed by atoms with Crippen LogP contribution in [0.4, 0.5) is 0 Å². The van der Waals surface area contributed by atoms with Crippen LogP contribution in [0.5, 0.6) is 0 Å². The van der Waals surface area contributed by atoms with E-state index in [0.717, 1.165) is 30.4 Å². The largest absolute Gasteiger partial charge is 0.463 e. The zero-order chi connectivity index (χ0) is 32.5. The molecule has 46 heavy (non-hydrogen) atoms. The summed E-state index contributed by atoms with van der Waals surface area (Å²) in [6.45, 7) is 5.29. The van der Waals surface area contributed by atoms with E-state index in [4.69, 9.17) is 8.94 Å². The van der Waals surface area contributed by atoms with E-state index in [1.54, 1.807) is 25.1 Å². The third kappa shape index (κ3) is 8.47. The zero-order valence-corrected chi connectivity index (χ0v) is 26.4. The summed E-state index contributed by atoms with van der Waals surface area (Å²) in [4.78, 5) is 40.6. The monoisotopic (exact) mass is 621 g/mol. The minimum atomic E-state index is -0.571. The molecule has 3 aromatic heterocycles. The highest BCUT2D eigenvalue weighted by Crippen LogP contribution is 2.33. The number of hydrogen-bond donors (Lipinski definition) is 2. The maximum absolute atomic E-state index is 14.0. The Morgan fingerprint density at radius 3 is 1.98 bits per heavy atom. The van der Waals surface area contributed by atoms with Crippen LogP contribution in [0.2, 0.25) is 0 Å². The van der Waals surface area contributed by atoms with Gasteiger partial charge in [-0.05, 0) is 69.7 Å². The van der Waals surface area contributed by atoms with Crippen LogP contribution in [0.15, 0.2) is 98.9 Å².